The molecule has 1 saturated heterocycles. The lowest BCUT2D eigenvalue weighted by atomic mass is 9.75. The van der Waals surface area contributed by atoms with Gasteiger partial charge < -0.3 is 14.5 Å². The summed E-state index contributed by atoms with van der Waals surface area (Å²) in [6.45, 7) is 5.03. The molecule has 1 unspecified atom stereocenters. The van der Waals surface area contributed by atoms with Crippen LogP contribution in [0.5, 0.6) is 0 Å². The summed E-state index contributed by atoms with van der Waals surface area (Å²) in [6.07, 6.45) is -0.301. The van der Waals surface area contributed by atoms with E-state index in [4.69, 9.17) is 27.9 Å². The summed E-state index contributed by atoms with van der Waals surface area (Å²) >= 11 is 19.3. The Morgan fingerprint density at radius 2 is 1.70 bits per heavy atom. The molecule has 0 N–H and O–H groups in total. The second-order valence-electron chi connectivity index (χ2n) is 9.95. The number of ether oxygens (including phenoxy) is 1. The molecule has 1 atom stereocenters. The summed E-state index contributed by atoms with van der Waals surface area (Å²) in [5.74, 6) is -0.725. The van der Waals surface area contributed by atoms with Gasteiger partial charge in [0.15, 0.2) is 0 Å². The van der Waals surface area contributed by atoms with Crippen molar-refractivity contribution in [3.05, 3.63) is 66.5 Å². The number of carbonyl (C=O) groups excluding carboxylic acids is 2. The SMILES string of the molecule is CC(C)COC(=O)N1CCC(F)(C(CC(=O)N(C)Cc2cc(Br)cc(Br)c2)c2ccc(Cl)c(Cl)c2)CC1. The van der Waals surface area contributed by atoms with Crippen LogP contribution in [0, 0.1) is 5.92 Å². The van der Waals surface area contributed by atoms with Crippen molar-refractivity contribution in [2.45, 2.75) is 51.2 Å². The number of rotatable bonds is 8. The first-order valence-corrected chi connectivity index (χ1v) is 14.5. The van der Waals surface area contributed by atoms with E-state index in [0.717, 1.165) is 14.5 Å². The predicted octanol–water partition coefficient (Wildman–Crippen LogP) is 8.25. The highest BCUT2D eigenvalue weighted by atomic mass is 79.9. The first-order valence-electron chi connectivity index (χ1n) is 12.1. The highest BCUT2D eigenvalue weighted by molar-refractivity contribution is 9.11. The van der Waals surface area contributed by atoms with E-state index in [1.165, 1.54) is 4.90 Å². The molecule has 1 fully saturated rings. The van der Waals surface area contributed by atoms with Crippen LogP contribution in [0.1, 0.15) is 50.2 Å². The van der Waals surface area contributed by atoms with Gasteiger partial charge in [0.05, 0.1) is 16.7 Å². The highest BCUT2D eigenvalue weighted by Gasteiger charge is 2.45. The van der Waals surface area contributed by atoms with Crippen molar-refractivity contribution in [3.63, 3.8) is 0 Å². The van der Waals surface area contributed by atoms with Crippen LogP contribution < -0.4 is 0 Å². The molecule has 2 amide bonds. The van der Waals surface area contributed by atoms with Gasteiger partial charge in [-0.05, 0) is 60.2 Å². The molecule has 5 nitrogen and oxygen atoms in total. The van der Waals surface area contributed by atoms with E-state index < -0.39 is 17.7 Å². The van der Waals surface area contributed by atoms with E-state index in [2.05, 4.69) is 31.9 Å². The molecule has 0 aliphatic carbocycles. The van der Waals surface area contributed by atoms with Gasteiger partial charge >= 0.3 is 6.09 Å². The molecule has 1 aliphatic rings. The number of hydrogen-bond acceptors (Lipinski definition) is 3. The zero-order valence-electron chi connectivity index (χ0n) is 21.1. The summed E-state index contributed by atoms with van der Waals surface area (Å²) in [7, 11) is 1.71. The molecule has 0 saturated carbocycles. The molecule has 2 aromatic rings. The lowest BCUT2D eigenvalue weighted by molar-refractivity contribution is -0.132. The van der Waals surface area contributed by atoms with Crippen LogP contribution in [0.15, 0.2) is 45.3 Å². The van der Waals surface area contributed by atoms with E-state index in [1.807, 2.05) is 32.0 Å². The van der Waals surface area contributed by atoms with Gasteiger partial charge in [0, 0.05) is 48.0 Å². The summed E-state index contributed by atoms with van der Waals surface area (Å²) in [5, 5.41) is 0.672. The monoisotopic (exact) mass is 678 g/mol. The number of amides is 2. The van der Waals surface area contributed by atoms with Crippen LogP contribution in [0.3, 0.4) is 0 Å². The smallest absolute Gasteiger partial charge is 0.409 e. The fourth-order valence-electron chi connectivity index (χ4n) is 4.46. The number of alkyl halides is 1. The van der Waals surface area contributed by atoms with E-state index in [1.54, 1.807) is 30.1 Å². The van der Waals surface area contributed by atoms with Gasteiger partial charge in [0.25, 0.3) is 0 Å². The van der Waals surface area contributed by atoms with Crippen LogP contribution in [-0.4, -0.2) is 54.2 Å². The number of halogens is 5. The molecular weight excluding hydrogens is 650 g/mol. The second kappa shape index (κ2) is 13.1. The van der Waals surface area contributed by atoms with E-state index in [-0.39, 0.29) is 44.2 Å². The predicted molar refractivity (Wildman–Crippen MR) is 153 cm³/mol. The number of piperidine rings is 1. The van der Waals surface area contributed by atoms with Gasteiger partial charge in [-0.25, -0.2) is 9.18 Å². The Hall–Kier alpha value is -1.35. The van der Waals surface area contributed by atoms with Crippen molar-refractivity contribution >= 4 is 67.1 Å². The largest absolute Gasteiger partial charge is 0.449 e. The summed E-state index contributed by atoms with van der Waals surface area (Å²) in [4.78, 5) is 28.9. The summed E-state index contributed by atoms with van der Waals surface area (Å²) in [6, 6.07) is 10.8. The van der Waals surface area contributed by atoms with Gasteiger partial charge in [-0.1, -0.05) is 75.0 Å². The van der Waals surface area contributed by atoms with E-state index in [9.17, 15) is 9.59 Å². The van der Waals surface area contributed by atoms with Crippen LogP contribution >= 0.6 is 55.1 Å². The lowest BCUT2D eigenvalue weighted by Crippen LogP contribution is -2.48. The maximum atomic E-state index is 16.6. The molecule has 2 aromatic carbocycles. The van der Waals surface area contributed by atoms with Crippen LogP contribution in [0.25, 0.3) is 0 Å². The fourth-order valence-corrected chi connectivity index (χ4v) is 6.16. The Balaban J connectivity index is 1.78. The number of hydrogen-bond donors (Lipinski definition) is 0. The Labute approximate surface area is 244 Å². The van der Waals surface area contributed by atoms with Crippen molar-refractivity contribution < 1.29 is 18.7 Å². The highest BCUT2D eigenvalue weighted by Crippen LogP contribution is 2.44. The van der Waals surface area contributed by atoms with Gasteiger partial charge in [0.1, 0.15) is 5.67 Å². The third-order valence-corrected chi connectivity index (χ3v) is 8.16. The van der Waals surface area contributed by atoms with Crippen molar-refractivity contribution in [3.8, 4) is 0 Å². The normalized spacial score (nSPS) is 16.0. The van der Waals surface area contributed by atoms with Crippen molar-refractivity contribution in [2.75, 3.05) is 26.7 Å². The number of likely N-dealkylation sites (tertiary alicyclic amines) is 1. The van der Waals surface area contributed by atoms with Gasteiger partial charge in [-0.3, -0.25) is 4.79 Å². The van der Waals surface area contributed by atoms with Crippen LogP contribution in [-0.2, 0) is 16.1 Å². The van der Waals surface area contributed by atoms with Gasteiger partial charge in [0.2, 0.25) is 5.91 Å². The third kappa shape index (κ3) is 8.32. The molecule has 0 radical (unpaired) electrons. The molecule has 0 spiro atoms. The zero-order chi connectivity index (χ0) is 27.3. The number of carbonyl (C=O) groups is 2. The maximum Gasteiger partial charge on any atom is 0.409 e. The molecule has 0 bridgehead atoms. The second-order valence-corrected chi connectivity index (χ2v) is 12.6. The Morgan fingerprint density at radius 3 is 2.27 bits per heavy atom. The molecule has 1 heterocycles. The average molecular weight is 681 g/mol. The quantitative estimate of drug-likeness (QED) is 0.282. The number of nitrogens with zero attached hydrogens (tertiary/aromatic N) is 2. The van der Waals surface area contributed by atoms with Gasteiger partial charge in [-0.15, -0.1) is 0 Å². The van der Waals surface area contributed by atoms with E-state index in [0.29, 0.717) is 28.8 Å². The number of benzene rings is 2. The average Bonchev–Trinajstić information content (AvgIpc) is 2.82. The van der Waals surface area contributed by atoms with Crippen molar-refractivity contribution in [1.82, 2.24) is 9.80 Å². The molecule has 202 valence electrons. The van der Waals surface area contributed by atoms with Crippen LogP contribution in [0.2, 0.25) is 10.0 Å². The first-order chi connectivity index (χ1) is 17.4. The molecule has 37 heavy (non-hydrogen) atoms. The minimum Gasteiger partial charge on any atom is -0.449 e. The van der Waals surface area contributed by atoms with Crippen molar-refractivity contribution in [2.24, 2.45) is 5.92 Å². The van der Waals surface area contributed by atoms with E-state index >= 15 is 4.39 Å². The Kier molecular flexibility index (Phi) is 10.7. The molecule has 0 aromatic heterocycles. The van der Waals surface area contributed by atoms with Crippen molar-refractivity contribution in [1.29, 1.82) is 0 Å². The minimum atomic E-state index is -1.71. The minimum absolute atomic E-state index is 0.0437. The van der Waals surface area contributed by atoms with Gasteiger partial charge in [-0.2, -0.15) is 0 Å². The lowest BCUT2D eigenvalue weighted by Gasteiger charge is -2.41. The van der Waals surface area contributed by atoms with Crippen LogP contribution in [0.4, 0.5) is 9.18 Å². The first kappa shape index (κ1) is 30.2. The Morgan fingerprint density at radius 1 is 1.08 bits per heavy atom. The summed E-state index contributed by atoms with van der Waals surface area (Å²) < 4.78 is 23.7. The maximum absolute atomic E-state index is 16.6. The topological polar surface area (TPSA) is 49.9 Å². The zero-order valence-corrected chi connectivity index (χ0v) is 25.8. The third-order valence-electron chi connectivity index (χ3n) is 6.51. The molecule has 1 aliphatic heterocycles. The molecule has 3 rings (SSSR count). The Bertz CT molecular complexity index is 1110. The molecular formula is C27H31Br2Cl2FN2O3. The summed E-state index contributed by atoms with van der Waals surface area (Å²) in [5.41, 5.74) is -0.160. The standard InChI is InChI=1S/C27H31Br2Cl2FN2O3/c1-17(2)16-37-26(36)34-8-6-27(32,7-9-34)22(19-4-5-23(30)24(31)12-19)14-25(35)33(3)15-18-10-20(28)13-21(29)11-18/h4-5,10-13,17,22H,6-9,14-16H2,1-3H3. The fraction of sp³-hybridized carbons (Fsp3) is 0.481. The molecule has 10 heteroatoms.